The number of halogens is 1. The van der Waals surface area contributed by atoms with E-state index in [2.05, 4.69) is 19.1 Å². The first-order valence-corrected chi connectivity index (χ1v) is 8.69. The Labute approximate surface area is 134 Å². The minimum atomic E-state index is -1.78. The van der Waals surface area contributed by atoms with Crippen LogP contribution in [0.5, 0.6) is 5.75 Å². The Balaban J connectivity index is 2.29. The van der Waals surface area contributed by atoms with Crippen LogP contribution >= 0.6 is 11.6 Å². The molecule has 0 fully saturated rings. The lowest BCUT2D eigenvalue weighted by atomic mass is 10.1. The molecule has 0 aromatic heterocycles. The monoisotopic (exact) mass is 334 g/mol. The van der Waals surface area contributed by atoms with Crippen LogP contribution in [0.3, 0.4) is 0 Å². The summed E-state index contributed by atoms with van der Waals surface area (Å²) < 4.78 is 26.9. The molecule has 4 nitrogen and oxygen atoms in total. The van der Waals surface area contributed by atoms with Crippen molar-refractivity contribution in [2.45, 2.75) is 39.2 Å². The van der Waals surface area contributed by atoms with Gasteiger partial charge in [0.25, 0.3) is 0 Å². The Morgan fingerprint density at radius 2 is 2.00 bits per heavy atom. The molecule has 2 unspecified atom stereocenters. The van der Waals surface area contributed by atoms with Crippen LogP contribution in [0.4, 0.5) is 0 Å². The molecule has 21 heavy (non-hydrogen) atoms. The first-order chi connectivity index (χ1) is 10.2. The lowest BCUT2D eigenvalue weighted by Gasteiger charge is -2.13. The van der Waals surface area contributed by atoms with E-state index >= 15 is 0 Å². The van der Waals surface area contributed by atoms with Crippen LogP contribution < -0.4 is 4.74 Å². The molecule has 0 spiro atoms. The Bertz CT molecular complexity index is 411. The second-order valence-electron chi connectivity index (χ2n) is 4.68. The van der Waals surface area contributed by atoms with Crippen molar-refractivity contribution >= 4 is 23.0 Å². The second-order valence-corrected chi connectivity index (χ2v) is 5.89. The molecule has 0 bridgehead atoms. The lowest BCUT2D eigenvalue weighted by molar-refractivity contribution is 0.137. The highest BCUT2D eigenvalue weighted by atomic mass is 35.5. The number of hydrogen-bond acceptors (Lipinski definition) is 4. The van der Waals surface area contributed by atoms with Crippen molar-refractivity contribution in [3.05, 3.63) is 29.8 Å². The molecule has 1 aromatic rings. The van der Waals surface area contributed by atoms with Gasteiger partial charge in [-0.15, -0.1) is 11.6 Å². The number of aryl methyl sites for hydroxylation is 1. The van der Waals surface area contributed by atoms with E-state index in [4.69, 9.17) is 24.7 Å². The van der Waals surface area contributed by atoms with Gasteiger partial charge in [-0.2, -0.15) is 4.21 Å². The summed E-state index contributed by atoms with van der Waals surface area (Å²) in [7, 11) is 0. The van der Waals surface area contributed by atoms with Crippen LogP contribution in [0.2, 0.25) is 0 Å². The van der Waals surface area contributed by atoms with E-state index in [9.17, 15) is 4.21 Å². The summed E-state index contributed by atoms with van der Waals surface area (Å²) >= 11 is 3.65. The topological polar surface area (TPSA) is 44.8 Å². The Hall–Kier alpha value is -0.620. The fourth-order valence-electron chi connectivity index (χ4n) is 1.64. The van der Waals surface area contributed by atoms with Gasteiger partial charge in [-0.1, -0.05) is 25.5 Å². The molecular formula is C15H23ClO4S. The average Bonchev–Trinajstić information content (AvgIpc) is 2.50. The zero-order valence-electron chi connectivity index (χ0n) is 12.5. The summed E-state index contributed by atoms with van der Waals surface area (Å²) in [6.45, 7) is 4.46. The standard InChI is InChI=1S/C15H23ClO4S/c1-3-4-5-14-6-8-15(9-7-14)18-12-13(2)20-21(17)19-11-10-16/h6-9,13H,3-5,10-12H2,1-2H3. The molecule has 0 aliphatic rings. The molecule has 120 valence electrons. The SMILES string of the molecule is CCCCc1ccc(OCC(C)OS(=O)OCCCl)cc1. The highest BCUT2D eigenvalue weighted by Gasteiger charge is 2.09. The normalized spacial score (nSPS) is 13.9. The zero-order chi connectivity index (χ0) is 15.5. The van der Waals surface area contributed by atoms with Crippen LogP contribution in [0, 0.1) is 0 Å². The molecule has 0 radical (unpaired) electrons. The third-order valence-corrected chi connectivity index (χ3v) is 3.73. The highest BCUT2D eigenvalue weighted by Crippen LogP contribution is 2.14. The average molecular weight is 335 g/mol. The minimum Gasteiger partial charge on any atom is -0.491 e. The van der Waals surface area contributed by atoms with Crippen molar-refractivity contribution in [3.8, 4) is 5.75 Å². The van der Waals surface area contributed by atoms with Gasteiger partial charge in [0.2, 0.25) is 0 Å². The maximum Gasteiger partial charge on any atom is 0.305 e. The van der Waals surface area contributed by atoms with Gasteiger partial charge < -0.3 is 4.74 Å². The quantitative estimate of drug-likeness (QED) is 0.579. The minimum absolute atomic E-state index is 0.195. The van der Waals surface area contributed by atoms with Crippen molar-refractivity contribution in [1.29, 1.82) is 0 Å². The molecule has 0 aliphatic heterocycles. The molecule has 0 aliphatic carbocycles. The van der Waals surface area contributed by atoms with E-state index in [0.717, 1.165) is 12.2 Å². The van der Waals surface area contributed by atoms with Crippen LogP contribution in [-0.4, -0.2) is 29.4 Å². The molecule has 6 heteroatoms. The smallest absolute Gasteiger partial charge is 0.305 e. The first kappa shape index (κ1) is 18.4. The third-order valence-electron chi connectivity index (χ3n) is 2.73. The van der Waals surface area contributed by atoms with E-state index in [1.165, 1.54) is 18.4 Å². The Kier molecular flexibility index (Phi) is 9.67. The maximum absolute atomic E-state index is 11.3. The van der Waals surface area contributed by atoms with Crippen molar-refractivity contribution in [1.82, 2.24) is 0 Å². The molecule has 0 saturated heterocycles. The number of ether oxygens (including phenoxy) is 1. The van der Waals surface area contributed by atoms with Gasteiger partial charge in [0.05, 0.1) is 6.61 Å². The molecule has 0 amide bonds. The van der Waals surface area contributed by atoms with Gasteiger partial charge in [-0.3, -0.25) is 8.37 Å². The van der Waals surface area contributed by atoms with Crippen LogP contribution in [0.15, 0.2) is 24.3 Å². The third kappa shape index (κ3) is 8.41. The second kappa shape index (κ2) is 11.0. The Morgan fingerprint density at radius 1 is 1.29 bits per heavy atom. The van der Waals surface area contributed by atoms with Crippen molar-refractivity contribution in [2.75, 3.05) is 19.1 Å². The summed E-state index contributed by atoms with van der Waals surface area (Å²) in [5.41, 5.74) is 1.31. The van der Waals surface area contributed by atoms with Crippen molar-refractivity contribution < 1.29 is 17.3 Å². The van der Waals surface area contributed by atoms with Crippen LogP contribution in [-0.2, 0) is 26.1 Å². The summed E-state index contributed by atoms with van der Waals surface area (Å²) in [5, 5.41) is 0. The van der Waals surface area contributed by atoms with Gasteiger partial charge in [0.1, 0.15) is 18.5 Å². The van der Waals surface area contributed by atoms with Crippen molar-refractivity contribution in [2.24, 2.45) is 0 Å². The summed E-state index contributed by atoms with van der Waals surface area (Å²) in [6, 6.07) is 8.02. The predicted octanol–water partition coefficient (Wildman–Crippen LogP) is 3.65. The van der Waals surface area contributed by atoms with Gasteiger partial charge in [0.15, 0.2) is 0 Å². The van der Waals surface area contributed by atoms with Crippen LogP contribution in [0.1, 0.15) is 32.3 Å². The molecule has 0 heterocycles. The number of alkyl halides is 1. The van der Waals surface area contributed by atoms with E-state index in [1.807, 2.05) is 12.1 Å². The van der Waals surface area contributed by atoms with E-state index < -0.39 is 11.4 Å². The Morgan fingerprint density at radius 3 is 2.62 bits per heavy atom. The number of unbranched alkanes of at least 4 members (excludes halogenated alkanes) is 1. The molecule has 0 saturated carbocycles. The lowest BCUT2D eigenvalue weighted by Crippen LogP contribution is -2.20. The largest absolute Gasteiger partial charge is 0.491 e. The fraction of sp³-hybridized carbons (Fsp3) is 0.600. The van der Waals surface area contributed by atoms with Gasteiger partial charge in [-0.05, 0) is 37.5 Å². The maximum atomic E-state index is 11.3. The molecule has 0 N–H and O–H groups in total. The van der Waals surface area contributed by atoms with Gasteiger partial charge >= 0.3 is 11.4 Å². The summed E-state index contributed by atoms with van der Waals surface area (Å²) in [6.07, 6.45) is 3.14. The molecular weight excluding hydrogens is 312 g/mol. The molecule has 1 rings (SSSR count). The van der Waals surface area contributed by atoms with E-state index in [-0.39, 0.29) is 18.6 Å². The zero-order valence-corrected chi connectivity index (χ0v) is 14.1. The molecule has 2 atom stereocenters. The predicted molar refractivity (Wildman–Crippen MR) is 85.9 cm³/mol. The van der Waals surface area contributed by atoms with E-state index in [0.29, 0.717) is 6.61 Å². The number of hydrogen-bond donors (Lipinski definition) is 0. The van der Waals surface area contributed by atoms with Crippen LogP contribution in [0.25, 0.3) is 0 Å². The van der Waals surface area contributed by atoms with Gasteiger partial charge in [-0.25, -0.2) is 0 Å². The van der Waals surface area contributed by atoms with E-state index in [1.54, 1.807) is 6.92 Å². The van der Waals surface area contributed by atoms with Crippen molar-refractivity contribution in [3.63, 3.8) is 0 Å². The summed E-state index contributed by atoms with van der Waals surface area (Å²) in [4.78, 5) is 0. The number of benzene rings is 1. The number of rotatable bonds is 11. The summed E-state index contributed by atoms with van der Waals surface area (Å²) in [5.74, 6) is 1.06. The highest BCUT2D eigenvalue weighted by molar-refractivity contribution is 7.75. The van der Waals surface area contributed by atoms with Gasteiger partial charge in [0, 0.05) is 5.88 Å². The molecule has 1 aromatic carbocycles. The fourth-order valence-corrected chi connectivity index (χ4v) is 2.40. The first-order valence-electron chi connectivity index (χ1n) is 7.15.